The van der Waals surface area contributed by atoms with Crippen molar-refractivity contribution in [3.05, 3.63) is 29.8 Å². The smallest absolute Gasteiger partial charge is 0.306 e. The fraction of sp³-hybridized carbons (Fsp3) is 0.471. The number of aliphatic carboxylic acids is 1. The lowest BCUT2D eigenvalue weighted by molar-refractivity contribution is -0.141. The normalized spacial score (nSPS) is 17.5. The van der Waals surface area contributed by atoms with Crippen LogP contribution in [0.25, 0.3) is 0 Å². The molecule has 0 aliphatic heterocycles. The van der Waals surface area contributed by atoms with Gasteiger partial charge in [-0.2, -0.15) is 5.26 Å². The van der Waals surface area contributed by atoms with E-state index in [0.29, 0.717) is 24.9 Å². The first-order chi connectivity index (χ1) is 10.5. The van der Waals surface area contributed by atoms with Crippen molar-refractivity contribution >= 4 is 17.6 Å². The Morgan fingerprint density at radius 3 is 2.41 bits per heavy atom. The van der Waals surface area contributed by atoms with E-state index in [-0.39, 0.29) is 5.91 Å². The first-order valence-corrected chi connectivity index (χ1v) is 7.51. The molecule has 1 aromatic rings. The summed E-state index contributed by atoms with van der Waals surface area (Å²) in [5.41, 5.74) is 0.651. The molecule has 116 valence electrons. The molecule has 1 saturated carbocycles. The van der Waals surface area contributed by atoms with Crippen molar-refractivity contribution in [1.29, 1.82) is 5.26 Å². The summed E-state index contributed by atoms with van der Waals surface area (Å²) in [6, 6.07) is 9.29. The molecular formula is C17H20N2O3. The number of hydrogen-bond donors (Lipinski definition) is 2. The number of nitrogens with one attached hydrogen (secondary N) is 1. The van der Waals surface area contributed by atoms with Gasteiger partial charge >= 0.3 is 5.97 Å². The quantitative estimate of drug-likeness (QED) is 0.874. The SMILES string of the molecule is CC(Cc1ccc(NC(=O)C2(C#N)CCCC2)cc1)C(=O)O. The van der Waals surface area contributed by atoms with E-state index < -0.39 is 17.3 Å². The van der Waals surface area contributed by atoms with E-state index in [4.69, 9.17) is 5.11 Å². The molecule has 0 radical (unpaired) electrons. The fourth-order valence-electron chi connectivity index (χ4n) is 2.78. The molecule has 1 unspecified atom stereocenters. The lowest BCUT2D eigenvalue weighted by Gasteiger charge is -2.19. The third-order valence-corrected chi connectivity index (χ3v) is 4.28. The maximum Gasteiger partial charge on any atom is 0.306 e. The number of carboxylic acids is 1. The molecule has 2 N–H and O–H groups in total. The maximum absolute atomic E-state index is 12.3. The molecule has 5 heteroatoms. The average molecular weight is 300 g/mol. The second-order valence-electron chi connectivity index (χ2n) is 6.00. The van der Waals surface area contributed by atoms with Gasteiger partial charge in [0.2, 0.25) is 5.91 Å². The van der Waals surface area contributed by atoms with E-state index in [1.165, 1.54) is 0 Å². The summed E-state index contributed by atoms with van der Waals surface area (Å²) in [5.74, 6) is -1.51. The number of hydrogen-bond acceptors (Lipinski definition) is 3. The van der Waals surface area contributed by atoms with Crippen LogP contribution in [0.15, 0.2) is 24.3 Å². The number of carboxylic acid groups (broad SMARTS) is 1. The summed E-state index contributed by atoms with van der Waals surface area (Å²) in [7, 11) is 0. The molecule has 1 aliphatic carbocycles. The van der Waals surface area contributed by atoms with Gasteiger partial charge in [-0.05, 0) is 37.0 Å². The molecule has 1 aliphatic rings. The van der Waals surface area contributed by atoms with E-state index in [9.17, 15) is 14.9 Å². The van der Waals surface area contributed by atoms with Crippen molar-refractivity contribution in [2.24, 2.45) is 11.3 Å². The van der Waals surface area contributed by atoms with E-state index >= 15 is 0 Å². The molecule has 0 aromatic heterocycles. The Bertz CT molecular complexity index is 595. The molecule has 0 bridgehead atoms. The minimum Gasteiger partial charge on any atom is -0.481 e. The summed E-state index contributed by atoms with van der Waals surface area (Å²) in [6.07, 6.45) is 3.50. The molecule has 0 heterocycles. The number of nitrogens with zero attached hydrogens (tertiary/aromatic N) is 1. The van der Waals surface area contributed by atoms with Crippen LogP contribution in [0.2, 0.25) is 0 Å². The van der Waals surface area contributed by atoms with Gasteiger partial charge in [-0.25, -0.2) is 0 Å². The highest BCUT2D eigenvalue weighted by molar-refractivity contribution is 5.97. The zero-order valence-electron chi connectivity index (χ0n) is 12.6. The molecule has 22 heavy (non-hydrogen) atoms. The van der Waals surface area contributed by atoms with E-state index in [0.717, 1.165) is 18.4 Å². The van der Waals surface area contributed by atoms with Crippen molar-refractivity contribution in [2.45, 2.75) is 39.0 Å². The van der Waals surface area contributed by atoms with Crippen molar-refractivity contribution in [3.8, 4) is 6.07 Å². The van der Waals surface area contributed by atoms with Crippen molar-refractivity contribution in [3.63, 3.8) is 0 Å². The first-order valence-electron chi connectivity index (χ1n) is 7.51. The number of rotatable bonds is 5. The van der Waals surface area contributed by atoms with Crippen molar-refractivity contribution in [1.82, 2.24) is 0 Å². The van der Waals surface area contributed by atoms with Gasteiger partial charge in [0.05, 0.1) is 12.0 Å². The van der Waals surface area contributed by atoms with Gasteiger partial charge in [0.15, 0.2) is 0 Å². The molecule has 5 nitrogen and oxygen atoms in total. The van der Waals surface area contributed by atoms with Gasteiger partial charge in [0.1, 0.15) is 5.41 Å². The maximum atomic E-state index is 12.3. The minimum atomic E-state index is -0.892. The summed E-state index contributed by atoms with van der Waals surface area (Å²) in [4.78, 5) is 23.2. The largest absolute Gasteiger partial charge is 0.481 e. The van der Waals surface area contributed by atoms with E-state index in [1.54, 1.807) is 19.1 Å². The molecule has 1 fully saturated rings. The van der Waals surface area contributed by atoms with Gasteiger partial charge < -0.3 is 10.4 Å². The highest BCUT2D eigenvalue weighted by Gasteiger charge is 2.41. The van der Waals surface area contributed by atoms with Crippen LogP contribution in [-0.2, 0) is 16.0 Å². The van der Waals surface area contributed by atoms with Gasteiger partial charge in [0, 0.05) is 5.69 Å². The Balaban J connectivity index is 2.01. The van der Waals surface area contributed by atoms with Crippen LogP contribution < -0.4 is 5.32 Å². The van der Waals surface area contributed by atoms with Gasteiger partial charge in [0.25, 0.3) is 0 Å². The molecule has 0 spiro atoms. The Labute approximate surface area is 129 Å². The summed E-state index contributed by atoms with van der Waals surface area (Å²) >= 11 is 0. The molecule has 1 amide bonds. The Morgan fingerprint density at radius 1 is 1.32 bits per heavy atom. The van der Waals surface area contributed by atoms with Crippen LogP contribution in [0.4, 0.5) is 5.69 Å². The summed E-state index contributed by atoms with van der Waals surface area (Å²) in [5, 5.41) is 21.0. The molecule has 0 saturated heterocycles. The average Bonchev–Trinajstić information content (AvgIpc) is 2.99. The second-order valence-corrected chi connectivity index (χ2v) is 6.00. The zero-order valence-corrected chi connectivity index (χ0v) is 12.6. The lowest BCUT2D eigenvalue weighted by Crippen LogP contribution is -2.32. The highest BCUT2D eigenvalue weighted by atomic mass is 16.4. The number of nitriles is 1. The van der Waals surface area contributed by atoms with Crippen LogP contribution in [0.5, 0.6) is 0 Å². The highest BCUT2D eigenvalue weighted by Crippen LogP contribution is 2.38. The Hall–Kier alpha value is -2.35. The van der Waals surface area contributed by atoms with Gasteiger partial charge in [-0.1, -0.05) is 31.9 Å². The number of amides is 1. The van der Waals surface area contributed by atoms with E-state index in [1.807, 2.05) is 12.1 Å². The molecule has 2 rings (SSSR count). The third-order valence-electron chi connectivity index (χ3n) is 4.28. The molecular weight excluding hydrogens is 280 g/mol. The number of carbonyl (C=O) groups is 2. The standard InChI is InChI=1S/C17H20N2O3/c1-12(15(20)21)10-13-4-6-14(7-5-13)19-16(22)17(11-18)8-2-3-9-17/h4-7,12H,2-3,8-10H2,1H3,(H,19,22)(H,20,21). The van der Waals surface area contributed by atoms with Crippen LogP contribution in [0.1, 0.15) is 38.2 Å². The molecule has 1 atom stereocenters. The molecule has 1 aromatic carbocycles. The first kappa shape index (κ1) is 16.0. The minimum absolute atomic E-state index is 0.237. The Kier molecular flexibility index (Phi) is 4.81. The van der Waals surface area contributed by atoms with Crippen LogP contribution in [-0.4, -0.2) is 17.0 Å². The van der Waals surface area contributed by atoms with Gasteiger partial charge in [-0.15, -0.1) is 0 Å². The van der Waals surface area contributed by atoms with Crippen molar-refractivity contribution in [2.75, 3.05) is 5.32 Å². The lowest BCUT2D eigenvalue weighted by atomic mass is 9.87. The fourth-order valence-corrected chi connectivity index (χ4v) is 2.78. The summed E-state index contributed by atoms with van der Waals surface area (Å²) < 4.78 is 0. The number of benzene rings is 1. The van der Waals surface area contributed by atoms with Gasteiger partial charge in [-0.3, -0.25) is 9.59 Å². The van der Waals surface area contributed by atoms with Crippen molar-refractivity contribution < 1.29 is 14.7 Å². The number of anilines is 1. The summed E-state index contributed by atoms with van der Waals surface area (Å²) in [6.45, 7) is 1.66. The van der Waals surface area contributed by atoms with E-state index in [2.05, 4.69) is 11.4 Å². The second kappa shape index (κ2) is 6.61. The third kappa shape index (κ3) is 3.45. The van der Waals surface area contributed by atoms with Crippen LogP contribution >= 0.6 is 0 Å². The Morgan fingerprint density at radius 2 is 1.91 bits per heavy atom. The predicted molar refractivity (Wildman–Crippen MR) is 82.1 cm³/mol. The van der Waals surface area contributed by atoms with Crippen LogP contribution in [0.3, 0.4) is 0 Å². The monoisotopic (exact) mass is 300 g/mol. The zero-order chi connectivity index (χ0) is 16.2. The van der Waals surface area contributed by atoms with Crippen LogP contribution in [0, 0.1) is 22.7 Å². The predicted octanol–water partition coefficient (Wildman–Crippen LogP) is 2.97. The topological polar surface area (TPSA) is 90.2 Å². The number of carbonyl (C=O) groups excluding carboxylic acids is 1.